The van der Waals surface area contributed by atoms with E-state index in [-0.39, 0.29) is 12.2 Å². The van der Waals surface area contributed by atoms with Gasteiger partial charge in [-0.3, -0.25) is 4.79 Å². The van der Waals surface area contributed by atoms with Gasteiger partial charge in [-0.05, 0) is 50.6 Å². The van der Waals surface area contributed by atoms with Crippen molar-refractivity contribution in [3.05, 3.63) is 50.3 Å². The highest BCUT2D eigenvalue weighted by Crippen LogP contribution is 2.33. The number of benzene rings is 1. The molecule has 0 unspecified atom stereocenters. The summed E-state index contributed by atoms with van der Waals surface area (Å²) in [4.78, 5) is 24.7. The van der Waals surface area contributed by atoms with Gasteiger partial charge in [-0.2, -0.15) is 5.26 Å². The number of halogens is 1. The van der Waals surface area contributed by atoms with E-state index in [1.807, 2.05) is 31.2 Å². The van der Waals surface area contributed by atoms with Gasteiger partial charge in [0.2, 0.25) is 5.91 Å². The fraction of sp³-hybridized carbons (Fsp3) is 0.250. The second-order valence-electron chi connectivity index (χ2n) is 5.53. The van der Waals surface area contributed by atoms with E-state index in [1.54, 1.807) is 19.9 Å². The summed E-state index contributed by atoms with van der Waals surface area (Å²) in [6.45, 7) is 5.98. The van der Waals surface area contributed by atoms with Gasteiger partial charge < -0.3 is 14.8 Å². The maximum Gasteiger partial charge on any atom is 0.348 e. The Labute approximate surface area is 175 Å². The average molecular weight is 463 g/mol. The highest BCUT2D eigenvalue weighted by molar-refractivity contribution is 9.10. The van der Waals surface area contributed by atoms with Gasteiger partial charge in [0.1, 0.15) is 21.7 Å². The van der Waals surface area contributed by atoms with Gasteiger partial charge >= 0.3 is 5.97 Å². The molecule has 6 nitrogen and oxygen atoms in total. The van der Waals surface area contributed by atoms with Crippen molar-refractivity contribution >= 4 is 50.2 Å². The third-order valence-electron chi connectivity index (χ3n) is 3.64. The topological polar surface area (TPSA) is 88.4 Å². The van der Waals surface area contributed by atoms with Crippen LogP contribution in [0, 0.1) is 18.3 Å². The molecule has 0 aliphatic heterocycles. The molecular formula is C20H19BrN2O4S. The first-order valence-electron chi connectivity index (χ1n) is 8.53. The molecule has 0 radical (unpaired) electrons. The van der Waals surface area contributed by atoms with Crippen molar-refractivity contribution in [2.24, 2.45) is 0 Å². The standard InChI is InChI=1S/C20H19BrN2O4S/c1-4-26-16-8-7-14(21)10-13(16)6-9-17(24)23-19-15(11-22)12(3)18(28-19)20(25)27-5-2/h6-10H,4-5H2,1-3H3,(H,23,24)/b9-6+. The van der Waals surface area contributed by atoms with Gasteiger partial charge in [0, 0.05) is 16.1 Å². The Morgan fingerprint density at radius 2 is 2.07 bits per heavy atom. The molecule has 1 aromatic heterocycles. The van der Waals surface area contributed by atoms with Crippen LogP contribution in [0.5, 0.6) is 5.75 Å². The summed E-state index contributed by atoms with van der Waals surface area (Å²) in [5.74, 6) is -0.271. The lowest BCUT2D eigenvalue weighted by atomic mass is 10.1. The third-order valence-corrected chi connectivity index (χ3v) is 5.32. The molecule has 0 aliphatic carbocycles. The van der Waals surface area contributed by atoms with E-state index in [0.717, 1.165) is 21.4 Å². The zero-order chi connectivity index (χ0) is 20.7. The van der Waals surface area contributed by atoms with E-state index < -0.39 is 11.9 Å². The molecule has 0 bridgehead atoms. The lowest BCUT2D eigenvalue weighted by Crippen LogP contribution is -2.07. The van der Waals surface area contributed by atoms with Gasteiger partial charge in [0.05, 0.1) is 18.8 Å². The average Bonchev–Trinajstić information content (AvgIpc) is 2.97. The Hall–Kier alpha value is -2.63. The van der Waals surface area contributed by atoms with Crippen LogP contribution in [0.4, 0.5) is 5.00 Å². The molecule has 0 fully saturated rings. The first-order valence-corrected chi connectivity index (χ1v) is 10.1. The monoisotopic (exact) mass is 462 g/mol. The van der Waals surface area contributed by atoms with E-state index in [1.165, 1.54) is 6.08 Å². The van der Waals surface area contributed by atoms with Gasteiger partial charge in [0.25, 0.3) is 0 Å². The number of amides is 1. The number of carbonyl (C=O) groups excluding carboxylic acids is 2. The summed E-state index contributed by atoms with van der Waals surface area (Å²) >= 11 is 4.42. The van der Waals surface area contributed by atoms with E-state index in [0.29, 0.717) is 27.8 Å². The smallest absolute Gasteiger partial charge is 0.348 e. The summed E-state index contributed by atoms with van der Waals surface area (Å²) < 4.78 is 11.4. The maximum absolute atomic E-state index is 12.4. The van der Waals surface area contributed by atoms with Crippen LogP contribution in [0.2, 0.25) is 0 Å². The number of carbonyl (C=O) groups is 2. The van der Waals surface area contributed by atoms with Crippen LogP contribution in [0.1, 0.15) is 40.2 Å². The molecule has 1 heterocycles. The minimum Gasteiger partial charge on any atom is -0.493 e. The van der Waals surface area contributed by atoms with Gasteiger partial charge in [0.15, 0.2) is 0 Å². The number of ether oxygens (including phenoxy) is 2. The van der Waals surface area contributed by atoms with Crippen LogP contribution in [-0.2, 0) is 9.53 Å². The SMILES string of the molecule is CCOC(=O)c1sc(NC(=O)/C=C/c2cc(Br)ccc2OCC)c(C#N)c1C. The molecule has 2 aromatic rings. The Balaban J connectivity index is 2.23. The summed E-state index contributed by atoms with van der Waals surface area (Å²) in [5.41, 5.74) is 1.49. The normalized spacial score (nSPS) is 10.5. The van der Waals surface area contributed by atoms with Gasteiger partial charge in [-0.1, -0.05) is 15.9 Å². The van der Waals surface area contributed by atoms with Gasteiger partial charge in [-0.15, -0.1) is 11.3 Å². The van der Waals surface area contributed by atoms with Crippen molar-refractivity contribution in [2.75, 3.05) is 18.5 Å². The van der Waals surface area contributed by atoms with Gasteiger partial charge in [-0.25, -0.2) is 4.79 Å². The lowest BCUT2D eigenvalue weighted by Gasteiger charge is -2.07. The Kier molecular flexibility index (Phi) is 7.79. The zero-order valence-corrected chi connectivity index (χ0v) is 18.1. The third kappa shape index (κ3) is 5.21. The number of esters is 1. The Morgan fingerprint density at radius 3 is 2.71 bits per heavy atom. The summed E-state index contributed by atoms with van der Waals surface area (Å²) in [5, 5.41) is 12.4. The predicted molar refractivity (Wildman–Crippen MR) is 113 cm³/mol. The van der Waals surface area contributed by atoms with E-state index in [9.17, 15) is 14.9 Å². The number of nitrogens with zero attached hydrogens (tertiary/aromatic N) is 1. The summed E-state index contributed by atoms with van der Waals surface area (Å²) in [6, 6.07) is 7.54. The number of nitrogens with one attached hydrogen (secondary N) is 1. The molecule has 1 aromatic carbocycles. The highest BCUT2D eigenvalue weighted by Gasteiger charge is 2.21. The Bertz CT molecular complexity index is 960. The van der Waals surface area contributed by atoms with Crippen LogP contribution in [0.3, 0.4) is 0 Å². The fourth-order valence-corrected chi connectivity index (χ4v) is 3.82. The molecule has 0 aliphatic rings. The predicted octanol–water partition coefficient (Wildman–Crippen LogP) is 4.92. The summed E-state index contributed by atoms with van der Waals surface area (Å²) in [7, 11) is 0. The number of hydrogen-bond donors (Lipinski definition) is 1. The number of anilines is 1. The number of rotatable bonds is 7. The van der Waals surface area contributed by atoms with E-state index in [2.05, 4.69) is 21.2 Å². The quantitative estimate of drug-likeness (QED) is 0.465. The second kappa shape index (κ2) is 10.1. The molecule has 0 atom stereocenters. The molecule has 0 saturated carbocycles. The van der Waals surface area contributed by atoms with Crippen molar-refractivity contribution in [2.45, 2.75) is 20.8 Å². The van der Waals surface area contributed by atoms with E-state index in [4.69, 9.17) is 9.47 Å². The molecule has 1 amide bonds. The zero-order valence-electron chi connectivity index (χ0n) is 15.7. The Morgan fingerprint density at radius 1 is 1.32 bits per heavy atom. The molecule has 1 N–H and O–H groups in total. The van der Waals surface area contributed by atoms with Crippen molar-refractivity contribution in [3.8, 4) is 11.8 Å². The number of hydrogen-bond acceptors (Lipinski definition) is 6. The van der Waals surface area contributed by atoms with Crippen molar-refractivity contribution < 1.29 is 19.1 Å². The number of nitriles is 1. The van der Waals surface area contributed by atoms with E-state index >= 15 is 0 Å². The fourth-order valence-electron chi connectivity index (χ4n) is 2.38. The first kappa shape index (κ1) is 21.7. The molecule has 0 saturated heterocycles. The molecule has 0 spiro atoms. The molecule has 28 heavy (non-hydrogen) atoms. The number of thiophene rings is 1. The van der Waals surface area contributed by atoms with Crippen molar-refractivity contribution in [1.29, 1.82) is 5.26 Å². The minimum atomic E-state index is -0.506. The molecular weight excluding hydrogens is 444 g/mol. The molecule has 2 rings (SSSR count). The largest absolute Gasteiger partial charge is 0.493 e. The van der Waals surface area contributed by atoms with Crippen molar-refractivity contribution in [1.82, 2.24) is 0 Å². The minimum absolute atomic E-state index is 0.233. The first-order chi connectivity index (χ1) is 13.4. The summed E-state index contributed by atoms with van der Waals surface area (Å²) in [6.07, 6.45) is 2.98. The van der Waals surface area contributed by atoms with Crippen LogP contribution in [0.15, 0.2) is 28.7 Å². The lowest BCUT2D eigenvalue weighted by molar-refractivity contribution is -0.111. The van der Waals surface area contributed by atoms with Crippen molar-refractivity contribution in [3.63, 3.8) is 0 Å². The van der Waals surface area contributed by atoms with Crippen LogP contribution in [-0.4, -0.2) is 25.1 Å². The van der Waals surface area contributed by atoms with Crippen LogP contribution >= 0.6 is 27.3 Å². The van der Waals surface area contributed by atoms with Crippen LogP contribution in [0.25, 0.3) is 6.08 Å². The second-order valence-corrected chi connectivity index (χ2v) is 7.47. The molecule has 8 heteroatoms. The highest BCUT2D eigenvalue weighted by atomic mass is 79.9. The maximum atomic E-state index is 12.4. The van der Waals surface area contributed by atoms with Crippen LogP contribution < -0.4 is 10.1 Å². The molecule has 146 valence electrons.